The Morgan fingerprint density at radius 3 is 2.04 bits per heavy atom. The van der Waals surface area contributed by atoms with Crippen molar-refractivity contribution in [3.8, 4) is 0 Å². The van der Waals surface area contributed by atoms with E-state index in [0.717, 1.165) is 55.0 Å². The van der Waals surface area contributed by atoms with Crippen molar-refractivity contribution in [3.05, 3.63) is 131 Å². The van der Waals surface area contributed by atoms with Crippen LogP contribution in [0.2, 0.25) is 0 Å². The van der Waals surface area contributed by atoms with E-state index in [4.69, 9.17) is 0 Å². The van der Waals surface area contributed by atoms with E-state index in [0.29, 0.717) is 9.87 Å². The largest absolute Gasteiger partial charge is 0.416 e. The monoisotopic (exact) mass is 677 g/mol. The van der Waals surface area contributed by atoms with Crippen molar-refractivity contribution in [3.63, 3.8) is 0 Å². The smallest absolute Gasteiger partial charge is 0.352 e. The normalized spacial score (nSPS) is 14.3. The fourth-order valence-corrected chi connectivity index (χ4v) is 7.31. The molecule has 4 aromatic carbocycles. The van der Waals surface area contributed by atoms with Gasteiger partial charge >= 0.3 is 6.18 Å². The van der Waals surface area contributed by atoms with E-state index in [1.165, 1.54) is 23.1 Å². The van der Waals surface area contributed by atoms with Crippen molar-refractivity contribution in [2.45, 2.75) is 68.7 Å². The summed E-state index contributed by atoms with van der Waals surface area (Å²) in [5.41, 5.74) is 0.882. The van der Waals surface area contributed by atoms with Crippen LogP contribution >= 0.6 is 0 Å². The van der Waals surface area contributed by atoms with E-state index >= 15 is 0 Å². The number of alkyl halides is 3. The van der Waals surface area contributed by atoms with E-state index in [1.807, 2.05) is 36.4 Å². The molecule has 1 N–H and O–H groups in total. The van der Waals surface area contributed by atoms with Gasteiger partial charge in [-0.3, -0.25) is 13.9 Å². The van der Waals surface area contributed by atoms with E-state index in [9.17, 15) is 31.2 Å². The lowest BCUT2D eigenvalue weighted by molar-refractivity contribution is -0.140. The Balaban J connectivity index is 1.58. The van der Waals surface area contributed by atoms with Crippen LogP contribution in [0.1, 0.15) is 47.9 Å². The average Bonchev–Trinajstić information content (AvgIpc) is 3.59. The van der Waals surface area contributed by atoms with Crippen LogP contribution in [0, 0.1) is 6.92 Å². The molecule has 2 amide bonds. The molecule has 1 saturated carbocycles. The Labute approximate surface area is 279 Å². The summed E-state index contributed by atoms with van der Waals surface area (Å²) in [6.45, 7) is 0.901. The second-order valence-electron chi connectivity index (χ2n) is 12.1. The third-order valence-electron chi connectivity index (χ3n) is 8.52. The van der Waals surface area contributed by atoms with Gasteiger partial charge in [0, 0.05) is 19.0 Å². The molecule has 0 spiro atoms. The summed E-state index contributed by atoms with van der Waals surface area (Å²) in [7, 11) is -4.54. The first-order valence-electron chi connectivity index (χ1n) is 15.9. The molecule has 0 saturated heterocycles. The zero-order valence-electron chi connectivity index (χ0n) is 26.6. The van der Waals surface area contributed by atoms with Crippen molar-refractivity contribution in [1.82, 2.24) is 10.2 Å². The minimum Gasteiger partial charge on any atom is -0.352 e. The molecule has 7 nitrogen and oxygen atoms in total. The first kappa shape index (κ1) is 34.7. The highest BCUT2D eigenvalue weighted by molar-refractivity contribution is 7.92. The lowest BCUT2D eigenvalue weighted by Gasteiger charge is -2.34. The van der Waals surface area contributed by atoms with Gasteiger partial charge in [-0.05, 0) is 61.2 Å². The third kappa shape index (κ3) is 8.63. The number of carbonyl (C=O) groups is 2. The lowest BCUT2D eigenvalue weighted by Crippen LogP contribution is -2.54. The van der Waals surface area contributed by atoms with E-state index < -0.39 is 40.3 Å². The molecule has 1 aliphatic rings. The summed E-state index contributed by atoms with van der Waals surface area (Å²) >= 11 is 0. The number of amides is 2. The number of nitrogens with one attached hydrogen (secondary N) is 1. The Kier molecular flexibility index (Phi) is 10.9. The molecule has 0 heterocycles. The van der Waals surface area contributed by atoms with Crippen LogP contribution < -0.4 is 9.62 Å². The summed E-state index contributed by atoms with van der Waals surface area (Å²) in [6.07, 6.45) is -1.03. The van der Waals surface area contributed by atoms with E-state index in [1.54, 1.807) is 43.3 Å². The average molecular weight is 678 g/mol. The number of hydrogen-bond donors (Lipinski definition) is 1. The highest BCUT2D eigenvalue weighted by Gasteiger charge is 2.37. The lowest BCUT2D eigenvalue weighted by atomic mass is 10.0. The number of aryl methyl sites for hydroxylation is 1. The zero-order valence-corrected chi connectivity index (χ0v) is 27.4. The number of halogens is 3. The van der Waals surface area contributed by atoms with Gasteiger partial charge in [0.1, 0.15) is 12.6 Å². The molecule has 0 aliphatic heterocycles. The fraction of sp³-hybridized carbons (Fsp3) is 0.297. The molecule has 11 heteroatoms. The Hall–Kier alpha value is -4.64. The van der Waals surface area contributed by atoms with Gasteiger partial charge in [-0.25, -0.2) is 8.42 Å². The summed E-state index contributed by atoms with van der Waals surface area (Å²) in [6, 6.07) is 26.8. The molecule has 0 aromatic heterocycles. The van der Waals surface area contributed by atoms with Gasteiger partial charge < -0.3 is 10.2 Å². The van der Waals surface area contributed by atoms with Crippen LogP contribution in [0.15, 0.2) is 114 Å². The standard InChI is InChI=1S/C37H38F3N3O4S/c1-27-19-21-33(22-20-27)48(46,47)43(32-18-10-15-30(24-32)37(38,39)40)26-35(44)42(25-29-13-6-3-7-14-29)34(23-28-11-4-2-5-12-28)36(45)41-31-16-8-9-17-31/h2-7,10-15,18-22,24,31,34H,8-9,16-17,23,25-26H2,1H3,(H,41,45)/t34-/m0/s1. The summed E-state index contributed by atoms with van der Waals surface area (Å²) in [4.78, 5) is 29.7. The highest BCUT2D eigenvalue weighted by atomic mass is 32.2. The predicted octanol–water partition coefficient (Wildman–Crippen LogP) is 6.91. The molecule has 252 valence electrons. The van der Waals surface area contributed by atoms with Gasteiger partial charge in [0.25, 0.3) is 10.0 Å². The number of nitrogens with zero attached hydrogens (tertiary/aromatic N) is 2. The van der Waals surface area contributed by atoms with Gasteiger partial charge in [-0.1, -0.05) is 97.3 Å². The number of carbonyl (C=O) groups excluding carboxylic acids is 2. The van der Waals surface area contributed by atoms with Gasteiger partial charge in [0.05, 0.1) is 16.1 Å². The van der Waals surface area contributed by atoms with Crippen LogP contribution in [0.5, 0.6) is 0 Å². The number of sulfonamides is 1. The van der Waals surface area contributed by atoms with Crippen molar-refractivity contribution < 1.29 is 31.2 Å². The minimum absolute atomic E-state index is 0.0315. The first-order valence-corrected chi connectivity index (χ1v) is 17.3. The van der Waals surface area contributed by atoms with Crippen molar-refractivity contribution in [1.29, 1.82) is 0 Å². The quantitative estimate of drug-likeness (QED) is 0.177. The molecule has 5 rings (SSSR count). The second-order valence-corrected chi connectivity index (χ2v) is 13.9. The summed E-state index contributed by atoms with van der Waals surface area (Å²) < 4.78 is 70.4. The van der Waals surface area contributed by atoms with Crippen molar-refractivity contribution >= 4 is 27.5 Å². The summed E-state index contributed by atoms with van der Waals surface area (Å²) in [5, 5.41) is 3.10. The molecule has 1 fully saturated rings. The minimum atomic E-state index is -4.75. The van der Waals surface area contributed by atoms with Gasteiger partial charge in [0.15, 0.2) is 0 Å². The first-order chi connectivity index (χ1) is 22.9. The van der Waals surface area contributed by atoms with Crippen LogP contribution in [0.25, 0.3) is 0 Å². The van der Waals surface area contributed by atoms with Crippen LogP contribution in [-0.2, 0) is 38.8 Å². The fourth-order valence-electron chi connectivity index (χ4n) is 5.91. The molecule has 0 bridgehead atoms. The SMILES string of the molecule is Cc1ccc(S(=O)(=O)N(CC(=O)N(Cc2ccccc2)[C@@H](Cc2ccccc2)C(=O)NC2CCCC2)c2cccc(C(F)(F)F)c2)cc1. The molecule has 48 heavy (non-hydrogen) atoms. The predicted molar refractivity (Wildman–Crippen MR) is 178 cm³/mol. The van der Waals surface area contributed by atoms with Crippen molar-refractivity contribution in [2.75, 3.05) is 10.8 Å². The van der Waals surface area contributed by atoms with Gasteiger partial charge in [-0.15, -0.1) is 0 Å². The summed E-state index contributed by atoms with van der Waals surface area (Å²) in [5.74, 6) is -1.11. The number of hydrogen-bond acceptors (Lipinski definition) is 4. The molecule has 1 aliphatic carbocycles. The van der Waals surface area contributed by atoms with Crippen molar-refractivity contribution in [2.24, 2.45) is 0 Å². The van der Waals surface area contributed by atoms with Gasteiger partial charge in [0.2, 0.25) is 11.8 Å². The Morgan fingerprint density at radius 1 is 0.833 bits per heavy atom. The van der Waals surface area contributed by atoms with E-state index in [2.05, 4.69) is 5.32 Å². The maximum atomic E-state index is 14.5. The maximum absolute atomic E-state index is 14.5. The zero-order chi connectivity index (χ0) is 34.3. The maximum Gasteiger partial charge on any atom is 0.416 e. The number of anilines is 1. The van der Waals surface area contributed by atoms with Gasteiger partial charge in [-0.2, -0.15) is 13.2 Å². The van der Waals surface area contributed by atoms with Crippen LogP contribution in [0.4, 0.5) is 18.9 Å². The third-order valence-corrected chi connectivity index (χ3v) is 10.3. The highest BCUT2D eigenvalue weighted by Crippen LogP contribution is 2.33. The van der Waals surface area contributed by atoms with Crippen LogP contribution in [-0.4, -0.2) is 43.8 Å². The number of rotatable bonds is 12. The Bertz CT molecular complexity index is 1800. The molecule has 1 atom stereocenters. The molecular formula is C37H38F3N3O4S. The molecule has 0 radical (unpaired) electrons. The van der Waals surface area contributed by atoms with E-state index in [-0.39, 0.29) is 35.5 Å². The molecular weight excluding hydrogens is 639 g/mol. The van der Waals surface area contributed by atoms with Crippen LogP contribution in [0.3, 0.4) is 0 Å². The molecule has 4 aromatic rings. The second kappa shape index (κ2) is 15.1. The Morgan fingerprint density at radius 2 is 1.44 bits per heavy atom. The molecule has 0 unspecified atom stereocenters. The topological polar surface area (TPSA) is 86.8 Å². The number of benzene rings is 4.